The number of alkyl halides is 3. The van der Waals surface area contributed by atoms with Crippen molar-refractivity contribution in [2.24, 2.45) is 0 Å². The zero-order valence-electron chi connectivity index (χ0n) is 11.4. The quantitative estimate of drug-likeness (QED) is 0.617. The maximum absolute atomic E-state index is 12.6. The van der Waals surface area contributed by atoms with Gasteiger partial charge in [0.25, 0.3) is 0 Å². The topological polar surface area (TPSA) is 49.8 Å². The standard InChI is InChI=1S/C15H17F3O3/c16-15(17,18)12-7-4-6-11(9-12)5-2-1-3-8-14(10-21-14)13(19)20/h4,6-7,9H,1-3,5,8,10H2,(H,19,20). The molecule has 0 radical (unpaired) electrons. The number of aryl methyl sites for hydroxylation is 1. The lowest BCUT2D eigenvalue weighted by molar-refractivity contribution is -0.143. The summed E-state index contributed by atoms with van der Waals surface area (Å²) in [4.78, 5) is 10.9. The van der Waals surface area contributed by atoms with Gasteiger partial charge in [0.1, 0.15) is 0 Å². The maximum atomic E-state index is 12.6. The van der Waals surface area contributed by atoms with Crippen LogP contribution in [0.3, 0.4) is 0 Å². The molecule has 0 aliphatic carbocycles. The predicted molar refractivity (Wildman–Crippen MR) is 69.9 cm³/mol. The van der Waals surface area contributed by atoms with Gasteiger partial charge in [0.15, 0.2) is 5.60 Å². The first kappa shape index (κ1) is 15.8. The monoisotopic (exact) mass is 302 g/mol. The Morgan fingerprint density at radius 1 is 1.29 bits per heavy atom. The molecule has 2 rings (SSSR count). The number of unbranched alkanes of at least 4 members (excludes halogenated alkanes) is 2. The average molecular weight is 302 g/mol. The van der Waals surface area contributed by atoms with E-state index < -0.39 is 23.3 Å². The molecular weight excluding hydrogens is 285 g/mol. The van der Waals surface area contributed by atoms with Crippen molar-refractivity contribution >= 4 is 5.97 Å². The molecule has 1 aromatic carbocycles. The summed E-state index contributed by atoms with van der Waals surface area (Å²) < 4.78 is 42.6. The molecule has 1 N–H and O–H groups in total. The summed E-state index contributed by atoms with van der Waals surface area (Å²) in [5.74, 6) is -0.930. The van der Waals surface area contributed by atoms with Gasteiger partial charge in [-0.1, -0.05) is 24.6 Å². The minimum absolute atomic E-state index is 0.260. The number of carboxylic acids is 1. The lowest BCUT2D eigenvalue weighted by atomic mass is 9.99. The molecule has 1 unspecified atom stereocenters. The third-order valence-electron chi connectivity index (χ3n) is 3.68. The molecule has 6 heteroatoms. The number of hydrogen-bond donors (Lipinski definition) is 1. The third-order valence-corrected chi connectivity index (χ3v) is 3.68. The van der Waals surface area contributed by atoms with E-state index in [-0.39, 0.29) is 6.61 Å². The van der Waals surface area contributed by atoms with E-state index in [0.29, 0.717) is 24.8 Å². The minimum atomic E-state index is -4.31. The van der Waals surface area contributed by atoms with E-state index >= 15 is 0 Å². The summed E-state index contributed by atoms with van der Waals surface area (Å²) in [5.41, 5.74) is -0.965. The minimum Gasteiger partial charge on any atom is -0.479 e. The third kappa shape index (κ3) is 4.20. The lowest BCUT2D eigenvalue weighted by Crippen LogP contribution is -2.23. The zero-order chi connectivity index (χ0) is 15.5. The van der Waals surface area contributed by atoms with Crippen molar-refractivity contribution in [2.75, 3.05) is 6.61 Å². The summed E-state index contributed by atoms with van der Waals surface area (Å²) in [5, 5.41) is 8.91. The van der Waals surface area contributed by atoms with E-state index in [1.165, 1.54) is 12.1 Å². The highest BCUT2D eigenvalue weighted by atomic mass is 19.4. The molecule has 1 atom stereocenters. The van der Waals surface area contributed by atoms with Crippen molar-refractivity contribution < 1.29 is 27.8 Å². The molecule has 1 aromatic rings. The largest absolute Gasteiger partial charge is 0.479 e. The highest BCUT2D eigenvalue weighted by Crippen LogP contribution is 2.33. The van der Waals surface area contributed by atoms with Crippen LogP contribution < -0.4 is 0 Å². The number of rotatable bonds is 7. The molecule has 0 amide bonds. The number of hydrogen-bond acceptors (Lipinski definition) is 2. The van der Waals surface area contributed by atoms with Crippen molar-refractivity contribution in [2.45, 2.75) is 43.9 Å². The van der Waals surface area contributed by atoms with Crippen LogP contribution in [0.4, 0.5) is 13.2 Å². The fourth-order valence-electron chi connectivity index (χ4n) is 2.28. The van der Waals surface area contributed by atoms with E-state index in [9.17, 15) is 18.0 Å². The molecule has 1 heterocycles. The SMILES string of the molecule is O=C(O)C1(CCCCCc2cccc(C(F)(F)F)c2)CO1. The molecule has 1 saturated heterocycles. The van der Waals surface area contributed by atoms with E-state index in [0.717, 1.165) is 18.9 Å². The van der Waals surface area contributed by atoms with Crippen LogP contribution in [0.25, 0.3) is 0 Å². The fraction of sp³-hybridized carbons (Fsp3) is 0.533. The van der Waals surface area contributed by atoms with Crippen molar-refractivity contribution in [1.29, 1.82) is 0 Å². The number of carbonyl (C=O) groups is 1. The van der Waals surface area contributed by atoms with E-state index in [2.05, 4.69) is 0 Å². The summed E-state index contributed by atoms with van der Waals surface area (Å²) >= 11 is 0. The Hall–Kier alpha value is -1.56. The Bertz CT molecular complexity index is 507. The first-order chi connectivity index (χ1) is 9.83. The van der Waals surface area contributed by atoms with Crippen molar-refractivity contribution in [3.05, 3.63) is 35.4 Å². The van der Waals surface area contributed by atoms with Crippen LogP contribution in [0.5, 0.6) is 0 Å². The van der Waals surface area contributed by atoms with Crippen LogP contribution in [0.2, 0.25) is 0 Å². The van der Waals surface area contributed by atoms with Gasteiger partial charge in [-0.25, -0.2) is 4.79 Å². The highest BCUT2D eigenvalue weighted by molar-refractivity contribution is 5.80. The number of carboxylic acid groups (broad SMARTS) is 1. The lowest BCUT2D eigenvalue weighted by Gasteiger charge is -2.09. The van der Waals surface area contributed by atoms with Gasteiger partial charge < -0.3 is 9.84 Å². The van der Waals surface area contributed by atoms with Gasteiger partial charge in [-0.3, -0.25) is 0 Å². The highest BCUT2D eigenvalue weighted by Gasteiger charge is 2.51. The summed E-state index contributed by atoms with van der Waals surface area (Å²) in [6.45, 7) is 0.260. The van der Waals surface area contributed by atoms with Gasteiger partial charge in [0, 0.05) is 0 Å². The van der Waals surface area contributed by atoms with Crippen LogP contribution in [-0.2, 0) is 22.1 Å². The Kier molecular flexibility index (Phi) is 4.56. The van der Waals surface area contributed by atoms with Gasteiger partial charge in [-0.15, -0.1) is 0 Å². The van der Waals surface area contributed by atoms with Crippen molar-refractivity contribution in [3.8, 4) is 0 Å². The molecule has 21 heavy (non-hydrogen) atoms. The number of aliphatic carboxylic acids is 1. The van der Waals surface area contributed by atoms with E-state index in [4.69, 9.17) is 9.84 Å². The maximum Gasteiger partial charge on any atom is 0.416 e. The van der Waals surface area contributed by atoms with Crippen molar-refractivity contribution in [3.63, 3.8) is 0 Å². The molecule has 0 spiro atoms. The Balaban J connectivity index is 1.73. The van der Waals surface area contributed by atoms with Crippen LogP contribution in [0.15, 0.2) is 24.3 Å². The summed E-state index contributed by atoms with van der Waals surface area (Å²) in [6, 6.07) is 5.32. The first-order valence-corrected chi connectivity index (χ1v) is 6.87. The molecule has 1 aliphatic rings. The molecule has 116 valence electrons. The number of ether oxygens (including phenoxy) is 1. The first-order valence-electron chi connectivity index (χ1n) is 6.87. The van der Waals surface area contributed by atoms with Crippen LogP contribution in [-0.4, -0.2) is 23.3 Å². The second-order valence-electron chi connectivity index (χ2n) is 5.35. The number of epoxide rings is 1. The molecule has 0 saturated carbocycles. The van der Waals surface area contributed by atoms with Gasteiger partial charge in [-0.2, -0.15) is 13.2 Å². The molecule has 1 aliphatic heterocycles. The summed E-state index contributed by atoms with van der Waals surface area (Å²) in [6.07, 6.45) is -1.08. The van der Waals surface area contributed by atoms with Crippen molar-refractivity contribution in [1.82, 2.24) is 0 Å². The zero-order valence-corrected chi connectivity index (χ0v) is 11.4. The van der Waals surface area contributed by atoms with Gasteiger partial charge in [0.2, 0.25) is 0 Å². The normalized spacial score (nSPS) is 21.3. The molecule has 3 nitrogen and oxygen atoms in total. The Labute approximate surface area is 120 Å². The van der Waals surface area contributed by atoms with E-state index in [1.54, 1.807) is 6.07 Å². The number of halogens is 3. The van der Waals surface area contributed by atoms with E-state index in [1.807, 2.05) is 0 Å². The molecule has 1 fully saturated rings. The van der Waals surface area contributed by atoms with Crippen LogP contribution in [0, 0.1) is 0 Å². The summed E-state index contributed by atoms with van der Waals surface area (Å²) in [7, 11) is 0. The predicted octanol–water partition coefficient (Wildman–Crippen LogP) is 3.66. The Morgan fingerprint density at radius 3 is 2.57 bits per heavy atom. The Morgan fingerprint density at radius 2 is 2.00 bits per heavy atom. The average Bonchev–Trinajstić information content (AvgIpc) is 3.19. The van der Waals surface area contributed by atoms with Crippen LogP contribution in [0.1, 0.15) is 36.8 Å². The van der Waals surface area contributed by atoms with Crippen LogP contribution >= 0.6 is 0 Å². The van der Waals surface area contributed by atoms with Gasteiger partial charge >= 0.3 is 12.1 Å². The smallest absolute Gasteiger partial charge is 0.416 e. The van der Waals surface area contributed by atoms with Gasteiger partial charge in [-0.05, 0) is 37.3 Å². The molecule has 0 bridgehead atoms. The van der Waals surface area contributed by atoms with Gasteiger partial charge in [0.05, 0.1) is 12.2 Å². The second-order valence-corrected chi connectivity index (χ2v) is 5.35. The number of benzene rings is 1. The second kappa shape index (κ2) is 6.05. The fourth-order valence-corrected chi connectivity index (χ4v) is 2.28. The molecular formula is C15H17F3O3. The molecule has 0 aromatic heterocycles.